The average molecular weight is 305 g/mol. The molecule has 0 aliphatic heterocycles. The molecule has 0 aromatic heterocycles. The molecule has 0 spiro atoms. The molecule has 4 nitrogen and oxygen atoms in total. The van der Waals surface area contributed by atoms with Crippen molar-refractivity contribution in [2.45, 2.75) is 6.92 Å². The van der Waals surface area contributed by atoms with Gasteiger partial charge < -0.3 is 15.4 Å². The van der Waals surface area contributed by atoms with Crippen molar-refractivity contribution in [2.24, 2.45) is 0 Å². The topological polar surface area (TPSA) is 57.1 Å². The fraction of sp³-hybridized carbons (Fsp3) is 0.105. The van der Waals surface area contributed by atoms with Crippen LogP contribution in [0.1, 0.15) is 5.56 Å². The van der Waals surface area contributed by atoms with Gasteiger partial charge in [0.2, 0.25) is 0 Å². The number of aryl methyl sites for hydroxylation is 1. The van der Waals surface area contributed by atoms with E-state index in [1.807, 2.05) is 55.5 Å². The fourth-order valence-electron chi connectivity index (χ4n) is 2.55. The summed E-state index contributed by atoms with van der Waals surface area (Å²) in [5.74, 6) is 0.908. The summed E-state index contributed by atoms with van der Waals surface area (Å²) in [7, 11) is 1.62. The zero-order valence-electron chi connectivity index (χ0n) is 13.2. The van der Waals surface area contributed by atoms with Crippen LogP contribution in [0.2, 0.25) is 0 Å². The zero-order chi connectivity index (χ0) is 16.2. The van der Waals surface area contributed by atoms with Crippen LogP contribution in [0.3, 0.4) is 0 Å². The molecule has 0 fully saturated rings. The monoisotopic (exact) mass is 305 g/mol. The molecular weight excluding hydrogens is 286 g/mol. The summed E-state index contributed by atoms with van der Waals surface area (Å²) >= 11 is 0. The van der Waals surface area contributed by atoms with Crippen molar-refractivity contribution in [1.29, 1.82) is 5.41 Å². The van der Waals surface area contributed by atoms with Crippen LogP contribution >= 0.6 is 0 Å². The van der Waals surface area contributed by atoms with E-state index in [0.29, 0.717) is 5.75 Å². The van der Waals surface area contributed by atoms with E-state index < -0.39 is 0 Å². The lowest BCUT2D eigenvalue weighted by atomic mass is 10.1. The largest absolute Gasteiger partial charge is 0.495 e. The zero-order valence-corrected chi connectivity index (χ0v) is 13.2. The van der Waals surface area contributed by atoms with Gasteiger partial charge in [-0.2, -0.15) is 0 Å². The summed E-state index contributed by atoms with van der Waals surface area (Å²) in [6, 6.07) is 19.9. The lowest BCUT2D eigenvalue weighted by Crippen LogP contribution is -2.21. The Labute approximate surface area is 135 Å². The van der Waals surface area contributed by atoms with Crippen molar-refractivity contribution >= 4 is 28.1 Å². The summed E-state index contributed by atoms with van der Waals surface area (Å²) in [5, 5.41) is 16.6. The van der Waals surface area contributed by atoms with Gasteiger partial charge in [-0.25, -0.2) is 0 Å². The summed E-state index contributed by atoms with van der Waals surface area (Å²) < 4.78 is 5.33. The SMILES string of the molecule is COc1ccc(C)cc1NC(=N)Nc1cccc2ccccc12. The van der Waals surface area contributed by atoms with Crippen molar-refractivity contribution in [3.63, 3.8) is 0 Å². The maximum Gasteiger partial charge on any atom is 0.197 e. The number of benzene rings is 3. The molecule has 3 N–H and O–H groups in total. The first-order valence-electron chi connectivity index (χ1n) is 7.42. The van der Waals surface area contributed by atoms with Gasteiger partial charge in [-0.3, -0.25) is 5.41 Å². The van der Waals surface area contributed by atoms with Gasteiger partial charge in [0.15, 0.2) is 5.96 Å². The van der Waals surface area contributed by atoms with E-state index in [1.54, 1.807) is 7.11 Å². The summed E-state index contributed by atoms with van der Waals surface area (Å²) in [6.07, 6.45) is 0. The molecule has 0 bridgehead atoms. The predicted octanol–water partition coefficient (Wildman–Crippen LogP) is 4.62. The molecule has 0 radical (unpaired) electrons. The number of guanidine groups is 1. The molecule has 116 valence electrons. The Morgan fingerprint density at radius 1 is 0.913 bits per heavy atom. The summed E-state index contributed by atoms with van der Waals surface area (Å²) in [5.41, 5.74) is 2.77. The van der Waals surface area contributed by atoms with Crippen molar-refractivity contribution in [3.05, 3.63) is 66.2 Å². The summed E-state index contributed by atoms with van der Waals surface area (Å²) in [6.45, 7) is 2.01. The molecule has 0 saturated heterocycles. The lowest BCUT2D eigenvalue weighted by Gasteiger charge is -2.15. The van der Waals surface area contributed by atoms with Crippen molar-refractivity contribution in [2.75, 3.05) is 17.7 Å². The molecule has 3 aromatic rings. The number of hydrogen-bond acceptors (Lipinski definition) is 2. The van der Waals surface area contributed by atoms with Gasteiger partial charge in [-0.15, -0.1) is 0 Å². The first kappa shape index (κ1) is 14.9. The first-order valence-corrected chi connectivity index (χ1v) is 7.42. The minimum absolute atomic E-state index is 0.199. The van der Waals surface area contributed by atoms with Crippen LogP contribution < -0.4 is 15.4 Å². The van der Waals surface area contributed by atoms with E-state index in [2.05, 4.69) is 22.8 Å². The normalized spacial score (nSPS) is 10.3. The Bertz CT molecular complexity index is 853. The molecule has 0 saturated carbocycles. The Hall–Kier alpha value is -3.01. The number of methoxy groups -OCH3 is 1. The van der Waals surface area contributed by atoms with E-state index in [4.69, 9.17) is 10.1 Å². The molecule has 0 amide bonds. The number of fused-ring (bicyclic) bond motifs is 1. The quantitative estimate of drug-likeness (QED) is 0.489. The van der Waals surface area contributed by atoms with Gasteiger partial charge >= 0.3 is 0 Å². The van der Waals surface area contributed by atoms with Gasteiger partial charge in [0.25, 0.3) is 0 Å². The molecule has 0 aliphatic carbocycles. The first-order chi connectivity index (χ1) is 11.2. The third-order valence-electron chi connectivity index (χ3n) is 3.66. The number of anilines is 2. The smallest absolute Gasteiger partial charge is 0.197 e. The van der Waals surface area contributed by atoms with Gasteiger partial charge in [0.05, 0.1) is 12.8 Å². The Balaban J connectivity index is 1.83. The van der Waals surface area contributed by atoms with Crippen LogP contribution in [0.15, 0.2) is 60.7 Å². The van der Waals surface area contributed by atoms with E-state index in [9.17, 15) is 0 Å². The molecule has 3 rings (SSSR count). The fourth-order valence-corrected chi connectivity index (χ4v) is 2.55. The molecular formula is C19H19N3O. The van der Waals surface area contributed by atoms with Crippen LogP contribution in [0.5, 0.6) is 5.75 Å². The second-order valence-electron chi connectivity index (χ2n) is 5.36. The minimum Gasteiger partial charge on any atom is -0.495 e. The molecule has 0 heterocycles. The maximum absolute atomic E-state index is 8.20. The second kappa shape index (κ2) is 6.40. The van der Waals surface area contributed by atoms with Crippen molar-refractivity contribution < 1.29 is 4.74 Å². The van der Waals surface area contributed by atoms with Crippen LogP contribution in [0.4, 0.5) is 11.4 Å². The highest BCUT2D eigenvalue weighted by molar-refractivity contribution is 6.07. The van der Waals surface area contributed by atoms with Crippen LogP contribution in [0.25, 0.3) is 10.8 Å². The lowest BCUT2D eigenvalue weighted by molar-refractivity contribution is 0.417. The van der Waals surface area contributed by atoms with E-state index in [-0.39, 0.29) is 5.96 Å². The average Bonchev–Trinajstić information content (AvgIpc) is 2.55. The van der Waals surface area contributed by atoms with Crippen molar-refractivity contribution in [3.8, 4) is 5.75 Å². The Morgan fingerprint density at radius 3 is 2.48 bits per heavy atom. The molecule has 3 aromatic carbocycles. The van der Waals surface area contributed by atoms with E-state index in [1.165, 1.54) is 0 Å². The minimum atomic E-state index is 0.199. The Kier molecular flexibility index (Phi) is 4.15. The maximum atomic E-state index is 8.20. The molecule has 0 atom stereocenters. The third-order valence-corrected chi connectivity index (χ3v) is 3.66. The second-order valence-corrected chi connectivity index (χ2v) is 5.36. The molecule has 23 heavy (non-hydrogen) atoms. The number of nitrogens with one attached hydrogen (secondary N) is 3. The predicted molar refractivity (Wildman–Crippen MR) is 96.7 cm³/mol. The summed E-state index contributed by atoms with van der Waals surface area (Å²) in [4.78, 5) is 0. The van der Waals surface area contributed by atoms with Gasteiger partial charge in [-0.1, -0.05) is 42.5 Å². The standard InChI is InChI=1S/C19H19N3O/c1-13-10-11-18(23-2)17(12-13)22-19(20)21-16-9-5-7-14-6-3-4-8-15(14)16/h3-12H,1-2H3,(H3,20,21,22). The highest BCUT2D eigenvalue weighted by atomic mass is 16.5. The highest BCUT2D eigenvalue weighted by Gasteiger charge is 2.07. The third kappa shape index (κ3) is 3.26. The highest BCUT2D eigenvalue weighted by Crippen LogP contribution is 2.26. The molecule has 4 heteroatoms. The van der Waals surface area contributed by atoms with Gasteiger partial charge in [-0.05, 0) is 36.1 Å². The van der Waals surface area contributed by atoms with Crippen LogP contribution in [-0.4, -0.2) is 13.1 Å². The molecule has 0 unspecified atom stereocenters. The van der Waals surface area contributed by atoms with Crippen LogP contribution in [-0.2, 0) is 0 Å². The number of rotatable bonds is 3. The van der Waals surface area contributed by atoms with Gasteiger partial charge in [0.1, 0.15) is 5.75 Å². The molecule has 0 aliphatic rings. The van der Waals surface area contributed by atoms with Crippen LogP contribution in [0, 0.1) is 12.3 Å². The number of hydrogen-bond donors (Lipinski definition) is 3. The van der Waals surface area contributed by atoms with E-state index >= 15 is 0 Å². The number of ether oxygens (including phenoxy) is 1. The van der Waals surface area contributed by atoms with E-state index in [0.717, 1.165) is 27.7 Å². The Morgan fingerprint density at radius 2 is 1.65 bits per heavy atom. The van der Waals surface area contributed by atoms with Crippen molar-refractivity contribution in [1.82, 2.24) is 0 Å². The van der Waals surface area contributed by atoms with Gasteiger partial charge in [0, 0.05) is 11.1 Å².